The molecule has 172 valence electrons. The number of carbonyl (C=O) groups is 2. The van der Waals surface area contributed by atoms with Crippen molar-refractivity contribution in [1.82, 2.24) is 0 Å². The van der Waals surface area contributed by atoms with E-state index in [1.54, 1.807) is 42.5 Å². The molecule has 8 heteroatoms. The molecule has 0 unspecified atom stereocenters. The molecule has 0 atom stereocenters. The molecule has 0 saturated heterocycles. The fraction of sp³-hybridized carbons (Fsp3) is 0.200. The van der Waals surface area contributed by atoms with Gasteiger partial charge >= 0.3 is 12.2 Å². The predicted octanol–water partition coefficient (Wildman–Crippen LogP) is 7.76. The number of benzene rings is 3. The monoisotopic (exact) mass is 486 g/mol. The molecule has 3 aromatic carbocycles. The van der Waals surface area contributed by atoms with Crippen molar-refractivity contribution in [3.8, 4) is 11.5 Å². The van der Waals surface area contributed by atoms with Gasteiger partial charge in [0.2, 0.25) is 0 Å². The number of carbonyl (C=O) groups excluding carboxylic acids is 2. The highest BCUT2D eigenvalue weighted by molar-refractivity contribution is 6.32. The van der Waals surface area contributed by atoms with Gasteiger partial charge in [0.1, 0.15) is 11.5 Å². The molecule has 0 aromatic heterocycles. The lowest BCUT2D eigenvalue weighted by Gasteiger charge is -2.13. The molecule has 0 saturated carbocycles. The highest BCUT2D eigenvalue weighted by Gasteiger charge is 2.13. The Hall–Kier alpha value is -3.22. The van der Waals surface area contributed by atoms with Crippen molar-refractivity contribution < 1.29 is 19.1 Å². The molecule has 3 aromatic rings. The molecule has 2 N–H and O–H groups in total. The fourth-order valence-electron chi connectivity index (χ4n) is 3.26. The van der Waals surface area contributed by atoms with Crippen molar-refractivity contribution in [3.05, 3.63) is 80.3 Å². The highest BCUT2D eigenvalue weighted by atomic mass is 35.5. The van der Waals surface area contributed by atoms with Crippen LogP contribution in [0.25, 0.3) is 0 Å². The van der Waals surface area contributed by atoms with Crippen molar-refractivity contribution in [1.29, 1.82) is 0 Å². The Balaban J connectivity index is 1.67. The normalized spacial score (nSPS) is 10.5. The van der Waals surface area contributed by atoms with E-state index < -0.39 is 12.2 Å². The molecule has 0 radical (unpaired) electrons. The van der Waals surface area contributed by atoms with E-state index in [0.717, 1.165) is 27.8 Å². The number of hydrogen-bond donors (Lipinski definition) is 2. The van der Waals surface area contributed by atoms with E-state index in [1.165, 1.54) is 0 Å². The first-order valence-corrected chi connectivity index (χ1v) is 10.9. The van der Waals surface area contributed by atoms with Crippen molar-refractivity contribution >= 4 is 46.8 Å². The number of amides is 2. The summed E-state index contributed by atoms with van der Waals surface area (Å²) in [4.78, 5) is 24.8. The van der Waals surface area contributed by atoms with Gasteiger partial charge in [-0.2, -0.15) is 0 Å². The molecule has 33 heavy (non-hydrogen) atoms. The molecule has 0 aliphatic rings. The molecular weight excluding hydrogens is 463 g/mol. The first kappa shape index (κ1) is 24.4. The lowest BCUT2D eigenvalue weighted by molar-refractivity contribution is 0.214. The molecule has 2 amide bonds. The standard InChI is InChI=1S/C25H24Cl2N2O4/c1-13-6-7-18(28-24(30)32-19-8-14(2)22(26)15(3)9-19)12-21(13)29-25(31)33-20-10-16(4)23(27)17(5)11-20/h6-12H,1-5H3,(H,28,30)(H,29,31). The smallest absolute Gasteiger partial charge is 0.410 e. The summed E-state index contributed by atoms with van der Waals surface area (Å²) in [5.74, 6) is 0.769. The Labute approximate surface area is 202 Å². The molecule has 0 spiro atoms. The van der Waals surface area contributed by atoms with Crippen LogP contribution in [0, 0.1) is 34.6 Å². The maximum atomic E-state index is 12.4. The van der Waals surface area contributed by atoms with Crippen LogP contribution in [0.2, 0.25) is 10.0 Å². The van der Waals surface area contributed by atoms with Crippen LogP contribution >= 0.6 is 23.2 Å². The molecule has 0 heterocycles. The quantitative estimate of drug-likeness (QED) is 0.394. The summed E-state index contributed by atoms with van der Waals surface area (Å²) in [6, 6.07) is 11.8. The second kappa shape index (κ2) is 10.1. The number of aryl methyl sites for hydroxylation is 5. The third-order valence-electron chi connectivity index (χ3n) is 4.96. The first-order valence-electron chi connectivity index (χ1n) is 10.2. The van der Waals surface area contributed by atoms with Crippen molar-refractivity contribution in [2.24, 2.45) is 0 Å². The Bertz CT molecular complexity index is 1200. The van der Waals surface area contributed by atoms with E-state index in [9.17, 15) is 9.59 Å². The second-order valence-electron chi connectivity index (χ2n) is 7.80. The molecule has 0 aliphatic heterocycles. The number of ether oxygens (including phenoxy) is 2. The van der Waals surface area contributed by atoms with Crippen LogP contribution < -0.4 is 20.1 Å². The third kappa shape index (κ3) is 6.18. The van der Waals surface area contributed by atoms with Crippen molar-refractivity contribution in [3.63, 3.8) is 0 Å². The van der Waals surface area contributed by atoms with Gasteiger partial charge in [0, 0.05) is 21.4 Å². The van der Waals surface area contributed by atoms with Gasteiger partial charge < -0.3 is 9.47 Å². The van der Waals surface area contributed by atoms with Crippen LogP contribution in [0.3, 0.4) is 0 Å². The topological polar surface area (TPSA) is 76.7 Å². The first-order chi connectivity index (χ1) is 15.5. The van der Waals surface area contributed by atoms with Crippen LogP contribution in [0.4, 0.5) is 21.0 Å². The molecular formula is C25H24Cl2N2O4. The van der Waals surface area contributed by atoms with Gasteiger partial charge in [0.25, 0.3) is 0 Å². The Morgan fingerprint density at radius 3 is 1.52 bits per heavy atom. The van der Waals surface area contributed by atoms with Gasteiger partial charge in [-0.25, -0.2) is 9.59 Å². The summed E-state index contributed by atoms with van der Waals surface area (Å²) < 4.78 is 10.8. The average molecular weight is 487 g/mol. The minimum Gasteiger partial charge on any atom is -0.410 e. The molecule has 6 nitrogen and oxygen atoms in total. The summed E-state index contributed by atoms with van der Waals surface area (Å²) >= 11 is 12.3. The summed E-state index contributed by atoms with van der Waals surface area (Å²) in [5, 5.41) is 6.62. The molecule has 0 bridgehead atoms. The summed E-state index contributed by atoms with van der Waals surface area (Å²) in [6.45, 7) is 9.18. The summed E-state index contributed by atoms with van der Waals surface area (Å²) in [7, 11) is 0. The van der Waals surface area contributed by atoms with E-state index in [0.29, 0.717) is 32.9 Å². The maximum Gasteiger partial charge on any atom is 0.417 e. The van der Waals surface area contributed by atoms with Crippen LogP contribution in [-0.4, -0.2) is 12.2 Å². The maximum absolute atomic E-state index is 12.4. The van der Waals surface area contributed by atoms with Crippen LogP contribution in [0.5, 0.6) is 11.5 Å². The van der Waals surface area contributed by atoms with Gasteiger partial charge in [0.15, 0.2) is 0 Å². The third-order valence-corrected chi connectivity index (χ3v) is 6.15. The molecule has 3 rings (SSSR count). The van der Waals surface area contributed by atoms with E-state index >= 15 is 0 Å². The largest absolute Gasteiger partial charge is 0.417 e. The minimum atomic E-state index is -0.666. The zero-order chi connectivity index (χ0) is 24.3. The molecule has 0 aliphatic carbocycles. The van der Waals surface area contributed by atoms with Gasteiger partial charge in [-0.05, 0) is 98.8 Å². The van der Waals surface area contributed by atoms with Gasteiger partial charge in [-0.3, -0.25) is 10.6 Å². The number of anilines is 2. The lowest BCUT2D eigenvalue weighted by Crippen LogP contribution is -2.19. The SMILES string of the molecule is Cc1ccc(NC(=O)Oc2cc(C)c(Cl)c(C)c2)cc1NC(=O)Oc1cc(C)c(Cl)c(C)c1. The average Bonchev–Trinajstić information content (AvgIpc) is 2.72. The van der Waals surface area contributed by atoms with Crippen molar-refractivity contribution in [2.45, 2.75) is 34.6 Å². The minimum absolute atomic E-state index is 0.384. The fourth-order valence-corrected chi connectivity index (χ4v) is 3.48. The zero-order valence-electron chi connectivity index (χ0n) is 18.9. The van der Waals surface area contributed by atoms with Gasteiger partial charge in [-0.15, -0.1) is 0 Å². The van der Waals surface area contributed by atoms with Crippen LogP contribution in [0.15, 0.2) is 42.5 Å². The number of nitrogens with one attached hydrogen (secondary N) is 2. The predicted molar refractivity (Wildman–Crippen MR) is 132 cm³/mol. The van der Waals surface area contributed by atoms with Crippen LogP contribution in [0.1, 0.15) is 27.8 Å². The van der Waals surface area contributed by atoms with Gasteiger partial charge in [0.05, 0.1) is 0 Å². The Morgan fingerprint density at radius 2 is 1.06 bits per heavy atom. The van der Waals surface area contributed by atoms with Crippen molar-refractivity contribution in [2.75, 3.05) is 10.6 Å². The Kier molecular flexibility index (Phi) is 7.51. The summed E-state index contributed by atoms with van der Waals surface area (Å²) in [6.07, 6.45) is -1.33. The number of hydrogen-bond acceptors (Lipinski definition) is 4. The van der Waals surface area contributed by atoms with E-state index in [-0.39, 0.29) is 0 Å². The van der Waals surface area contributed by atoms with E-state index in [4.69, 9.17) is 32.7 Å². The van der Waals surface area contributed by atoms with Crippen LogP contribution in [-0.2, 0) is 0 Å². The second-order valence-corrected chi connectivity index (χ2v) is 8.56. The number of halogens is 2. The Morgan fingerprint density at radius 1 is 0.636 bits per heavy atom. The highest BCUT2D eigenvalue weighted by Crippen LogP contribution is 2.28. The lowest BCUT2D eigenvalue weighted by atomic mass is 10.1. The number of rotatable bonds is 4. The zero-order valence-corrected chi connectivity index (χ0v) is 20.4. The molecule has 0 fully saturated rings. The van der Waals surface area contributed by atoms with E-state index in [1.807, 2.05) is 34.6 Å². The summed E-state index contributed by atoms with van der Waals surface area (Å²) in [5.41, 5.74) is 4.97. The van der Waals surface area contributed by atoms with E-state index in [2.05, 4.69) is 10.6 Å². The van der Waals surface area contributed by atoms with Gasteiger partial charge in [-0.1, -0.05) is 29.3 Å².